The van der Waals surface area contributed by atoms with E-state index in [1.54, 1.807) is 4.90 Å². The molecule has 1 saturated heterocycles. The monoisotopic (exact) mass is 628 g/mol. The maximum Gasteiger partial charge on any atom is 0.318 e. The Balaban J connectivity index is 1.52. The van der Waals surface area contributed by atoms with Crippen LogP contribution in [-0.4, -0.2) is 71.8 Å². The summed E-state index contributed by atoms with van der Waals surface area (Å²) in [5.41, 5.74) is 3.84. The molecule has 0 bridgehead atoms. The van der Waals surface area contributed by atoms with Crippen LogP contribution < -0.4 is 20.7 Å². The van der Waals surface area contributed by atoms with Crippen LogP contribution in [0.2, 0.25) is 0 Å². The van der Waals surface area contributed by atoms with E-state index < -0.39 is 24.2 Å². The Bertz CT molecular complexity index is 1410. The number of aryl methyl sites for hydroxylation is 2. The smallest absolute Gasteiger partial charge is 0.318 e. The van der Waals surface area contributed by atoms with Gasteiger partial charge in [0.2, 0.25) is 5.91 Å². The molecule has 1 unspecified atom stereocenters. The number of urea groups is 1. The second-order valence-electron chi connectivity index (χ2n) is 12.5. The average Bonchev–Trinajstić information content (AvgIpc) is 3.02. The molecular formula is C37H48N4O5. The van der Waals surface area contributed by atoms with Gasteiger partial charge in [0.15, 0.2) is 6.61 Å². The summed E-state index contributed by atoms with van der Waals surface area (Å²) >= 11 is 0. The Morgan fingerprint density at radius 2 is 1.50 bits per heavy atom. The summed E-state index contributed by atoms with van der Waals surface area (Å²) in [5, 5.41) is 20.7. The van der Waals surface area contributed by atoms with E-state index in [0.29, 0.717) is 31.7 Å². The summed E-state index contributed by atoms with van der Waals surface area (Å²) in [4.78, 5) is 41.3. The molecule has 1 fully saturated rings. The van der Waals surface area contributed by atoms with Crippen LogP contribution in [0.3, 0.4) is 0 Å². The molecule has 0 radical (unpaired) electrons. The number of hydrogen-bond acceptors (Lipinski definition) is 5. The lowest BCUT2D eigenvalue weighted by molar-refractivity contribution is -0.128. The van der Waals surface area contributed by atoms with E-state index in [1.165, 1.54) is 0 Å². The number of carbonyl (C=O) groups excluding carboxylic acids is 3. The fourth-order valence-electron chi connectivity index (χ4n) is 6.12. The molecule has 4 N–H and O–H groups in total. The molecular weight excluding hydrogens is 580 g/mol. The van der Waals surface area contributed by atoms with Gasteiger partial charge in [0, 0.05) is 19.1 Å². The van der Waals surface area contributed by atoms with Crippen molar-refractivity contribution in [2.75, 3.05) is 19.7 Å². The predicted octanol–water partition coefficient (Wildman–Crippen LogP) is 4.33. The minimum atomic E-state index is -0.992. The van der Waals surface area contributed by atoms with E-state index in [1.807, 2.05) is 107 Å². The molecule has 0 aromatic heterocycles. The van der Waals surface area contributed by atoms with E-state index >= 15 is 0 Å². The summed E-state index contributed by atoms with van der Waals surface area (Å²) in [6, 6.07) is 23.3. The molecule has 3 aromatic carbocycles. The Labute approximate surface area is 272 Å². The normalized spacial score (nSPS) is 15.8. The molecule has 1 aliphatic heterocycles. The minimum absolute atomic E-state index is 0.117. The van der Waals surface area contributed by atoms with Crippen LogP contribution in [0, 0.1) is 19.8 Å². The zero-order valence-corrected chi connectivity index (χ0v) is 27.4. The average molecular weight is 629 g/mol. The van der Waals surface area contributed by atoms with Crippen molar-refractivity contribution in [3.63, 3.8) is 0 Å². The Morgan fingerprint density at radius 3 is 2.09 bits per heavy atom. The first-order valence-corrected chi connectivity index (χ1v) is 16.2. The van der Waals surface area contributed by atoms with Gasteiger partial charge < -0.3 is 30.7 Å². The van der Waals surface area contributed by atoms with Crippen LogP contribution >= 0.6 is 0 Å². The fraction of sp³-hybridized carbons (Fsp3) is 0.432. The maximum absolute atomic E-state index is 13.8. The van der Waals surface area contributed by atoms with E-state index in [9.17, 15) is 19.5 Å². The summed E-state index contributed by atoms with van der Waals surface area (Å²) in [7, 11) is 0. The second kappa shape index (κ2) is 16.8. The van der Waals surface area contributed by atoms with Crippen molar-refractivity contribution in [2.45, 2.75) is 77.6 Å². The molecule has 0 saturated carbocycles. The van der Waals surface area contributed by atoms with Crippen molar-refractivity contribution < 1.29 is 24.2 Å². The maximum atomic E-state index is 13.8. The number of nitrogens with zero attached hydrogens (tertiary/aromatic N) is 1. The van der Waals surface area contributed by atoms with E-state index in [2.05, 4.69) is 16.0 Å². The fourth-order valence-corrected chi connectivity index (χ4v) is 6.12. The van der Waals surface area contributed by atoms with Gasteiger partial charge in [-0.15, -0.1) is 0 Å². The van der Waals surface area contributed by atoms with E-state index in [4.69, 9.17) is 4.74 Å². The number of aliphatic hydroxyl groups excluding tert-OH is 1. The lowest BCUT2D eigenvalue weighted by Crippen LogP contribution is -2.59. The molecule has 9 nitrogen and oxygen atoms in total. The largest absolute Gasteiger partial charge is 0.483 e. The van der Waals surface area contributed by atoms with Gasteiger partial charge in [-0.2, -0.15) is 0 Å². The second-order valence-corrected chi connectivity index (χ2v) is 12.5. The van der Waals surface area contributed by atoms with Crippen molar-refractivity contribution in [2.24, 2.45) is 5.92 Å². The van der Waals surface area contributed by atoms with Crippen molar-refractivity contribution in [3.05, 3.63) is 101 Å². The molecule has 3 aromatic rings. The van der Waals surface area contributed by atoms with Gasteiger partial charge in [-0.1, -0.05) is 92.7 Å². The summed E-state index contributed by atoms with van der Waals surface area (Å²) in [6.07, 6.45) is 0.831. The van der Waals surface area contributed by atoms with E-state index in [-0.39, 0.29) is 36.8 Å². The number of aliphatic hydroxyl groups is 1. The standard InChI is InChI=1S/C37H48N4O5/c1-25(2)34(41-20-12-19-38-37(41)45)36(44)39-30(21-28-15-7-5-8-16-28)23-32(42)31(22-29-17-9-6-10-18-29)40-33(43)24-46-35-26(3)13-11-14-27(35)4/h5-11,13-18,25,30-32,34,42H,12,19-24H2,1-4H3,(H,38,45)(H,39,44)(H,40,43)/t30-,31+,32-,34?/m1/s1. The van der Waals surface area contributed by atoms with Crippen LogP contribution in [0.25, 0.3) is 0 Å². The third-order valence-corrected chi connectivity index (χ3v) is 8.41. The highest BCUT2D eigenvalue weighted by molar-refractivity contribution is 5.87. The van der Waals surface area contributed by atoms with Crippen LogP contribution in [0.1, 0.15) is 48.9 Å². The quantitative estimate of drug-likeness (QED) is 0.200. The Morgan fingerprint density at radius 1 is 0.891 bits per heavy atom. The zero-order valence-electron chi connectivity index (χ0n) is 27.4. The van der Waals surface area contributed by atoms with Gasteiger partial charge in [-0.3, -0.25) is 9.59 Å². The van der Waals surface area contributed by atoms with Crippen LogP contribution in [0.4, 0.5) is 4.79 Å². The van der Waals surface area contributed by atoms with Gasteiger partial charge in [-0.25, -0.2) is 4.79 Å². The number of benzene rings is 3. The summed E-state index contributed by atoms with van der Waals surface area (Å²) < 4.78 is 5.90. The highest BCUT2D eigenvalue weighted by Crippen LogP contribution is 2.22. The SMILES string of the molecule is Cc1cccc(C)c1OCC(=O)N[C@@H](Cc1ccccc1)[C@H](O)C[C@@H](Cc1ccccc1)NC(=O)C(C(C)C)N1CCCNC1=O. The number of amides is 4. The van der Waals surface area contributed by atoms with Crippen LogP contribution in [0.5, 0.6) is 5.75 Å². The topological polar surface area (TPSA) is 120 Å². The lowest BCUT2D eigenvalue weighted by atomic mass is 9.92. The molecule has 46 heavy (non-hydrogen) atoms. The van der Waals surface area contributed by atoms with Crippen molar-refractivity contribution in [1.29, 1.82) is 0 Å². The predicted molar refractivity (Wildman–Crippen MR) is 180 cm³/mol. The summed E-state index contributed by atoms with van der Waals surface area (Å²) in [5.74, 6) is -0.0493. The molecule has 0 aliphatic carbocycles. The van der Waals surface area contributed by atoms with Crippen LogP contribution in [-0.2, 0) is 22.4 Å². The highest BCUT2D eigenvalue weighted by Gasteiger charge is 2.35. The molecule has 9 heteroatoms. The van der Waals surface area contributed by atoms with Crippen molar-refractivity contribution in [3.8, 4) is 5.75 Å². The molecule has 1 aliphatic rings. The number of para-hydroxylation sites is 1. The highest BCUT2D eigenvalue weighted by atomic mass is 16.5. The zero-order chi connectivity index (χ0) is 33.1. The van der Waals surface area contributed by atoms with Gasteiger partial charge in [0.25, 0.3) is 5.91 Å². The first kappa shape index (κ1) is 34.5. The molecule has 4 rings (SSSR count). The number of carbonyl (C=O) groups is 3. The van der Waals surface area contributed by atoms with Gasteiger partial charge in [0.1, 0.15) is 11.8 Å². The molecule has 246 valence electrons. The number of ether oxygens (including phenoxy) is 1. The Kier molecular flexibility index (Phi) is 12.6. The minimum Gasteiger partial charge on any atom is -0.483 e. The van der Waals surface area contributed by atoms with Gasteiger partial charge in [-0.05, 0) is 67.7 Å². The van der Waals surface area contributed by atoms with Crippen molar-refractivity contribution in [1.82, 2.24) is 20.9 Å². The summed E-state index contributed by atoms with van der Waals surface area (Å²) in [6.45, 7) is 8.63. The third-order valence-electron chi connectivity index (χ3n) is 8.41. The Hall–Kier alpha value is -4.37. The first-order valence-electron chi connectivity index (χ1n) is 16.2. The number of hydrogen-bond donors (Lipinski definition) is 4. The third kappa shape index (κ3) is 9.81. The molecule has 0 spiro atoms. The van der Waals surface area contributed by atoms with Gasteiger partial charge >= 0.3 is 6.03 Å². The number of nitrogens with one attached hydrogen (secondary N) is 3. The lowest BCUT2D eigenvalue weighted by Gasteiger charge is -2.37. The van der Waals surface area contributed by atoms with Gasteiger partial charge in [0.05, 0.1) is 12.1 Å². The molecule has 1 heterocycles. The first-order chi connectivity index (χ1) is 22.1. The number of rotatable bonds is 15. The van der Waals surface area contributed by atoms with Crippen LogP contribution in [0.15, 0.2) is 78.9 Å². The molecule has 4 atom stereocenters. The van der Waals surface area contributed by atoms with E-state index in [0.717, 1.165) is 28.7 Å². The van der Waals surface area contributed by atoms with Crippen molar-refractivity contribution >= 4 is 17.8 Å². The molecule has 4 amide bonds.